The van der Waals surface area contributed by atoms with Crippen LogP contribution in [0.3, 0.4) is 0 Å². The molecule has 2 amide bonds. The molecule has 2 bridgehead atoms. The number of hydrogen-bond acceptors (Lipinski definition) is 6. The van der Waals surface area contributed by atoms with E-state index in [2.05, 4.69) is 20.6 Å². The smallest absolute Gasteiger partial charge is 0.266 e. The Labute approximate surface area is 175 Å². The van der Waals surface area contributed by atoms with Crippen molar-refractivity contribution in [2.75, 3.05) is 12.0 Å². The van der Waals surface area contributed by atoms with Gasteiger partial charge < -0.3 is 15.0 Å². The summed E-state index contributed by atoms with van der Waals surface area (Å²) in [4.78, 5) is 31.3. The normalized spacial score (nSPS) is 22.5. The Morgan fingerprint density at radius 1 is 1.13 bits per heavy atom. The van der Waals surface area contributed by atoms with Crippen molar-refractivity contribution >= 4 is 17.6 Å². The maximum absolute atomic E-state index is 12.9. The minimum Gasteiger partial charge on any atom is -0.496 e. The lowest BCUT2D eigenvalue weighted by atomic mass is 9.96. The van der Waals surface area contributed by atoms with Gasteiger partial charge in [0.15, 0.2) is 0 Å². The van der Waals surface area contributed by atoms with E-state index in [-0.39, 0.29) is 17.9 Å². The number of rotatable bonds is 5. The van der Waals surface area contributed by atoms with Crippen LogP contribution in [-0.4, -0.2) is 42.0 Å². The molecular formula is C22H27N5O3. The highest BCUT2D eigenvalue weighted by molar-refractivity contribution is 5.96. The maximum Gasteiger partial charge on any atom is 0.266 e. The van der Waals surface area contributed by atoms with Gasteiger partial charge in [-0.2, -0.15) is 0 Å². The van der Waals surface area contributed by atoms with E-state index in [9.17, 15) is 9.59 Å². The van der Waals surface area contributed by atoms with Gasteiger partial charge in [-0.1, -0.05) is 6.07 Å². The molecule has 2 aromatic rings. The first-order chi connectivity index (χ1) is 14.5. The van der Waals surface area contributed by atoms with Crippen LogP contribution in [0.1, 0.15) is 52.0 Å². The second kappa shape index (κ2) is 8.31. The minimum absolute atomic E-state index is 0.0560. The lowest BCUT2D eigenvalue weighted by Gasteiger charge is -2.40. The fourth-order valence-corrected chi connectivity index (χ4v) is 4.77. The highest BCUT2D eigenvalue weighted by Crippen LogP contribution is 2.38. The van der Waals surface area contributed by atoms with Crippen molar-refractivity contribution < 1.29 is 14.3 Å². The summed E-state index contributed by atoms with van der Waals surface area (Å²) in [5.74, 6) is 6.35. The van der Waals surface area contributed by atoms with Gasteiger partial charge in [-0.15, -0.1) is 0 Å². The number of nitrogens with one attached hydrogen (secondary N) is 2. The number of anilines is 1. The standard InChI is InChI=1S/C22H27N5O3/c1-13-18(4-3-5-19(13)30-2)22(29)25-15-10-16-7-8-17(11-15)27(16)20-9-6-14(12-24-20)21(28)26-23/h3-6,9,12,15-17H,7-8,10-11,23H2,1-2H3,(H,25,29)(H,26,28)/t15?,16-,17+. The molecule has 1 aromatic carbocycles. The van der Waals surface area contributed by atoms with Crippen molar-refractivity contribution in [1.82, 2.24) is 15.7 Å². The first kappa shape index (κ1) is 20.2. The number of amides is 2. The Kier molecular flexibility index (Phi) is 5.59. The van der Waals surface area contributed by atoms with Crippen LogP contribution in [0.5, 0.6) is 5.75 Å². The van der Waals surface area contributed by atoms with Crippen molar-refractivity contribution in [3.8, 4) is 5.75 Å². The summed E-state index contributed by atoms with van der Waals surface area (Å²) in [5, 5.41) is 3.22. The van der Waals surface area contributed by atoms with Crippen LogP contribution in [0.4, 0.5) is 5.82 Å². The van der Waals surface area contributed by atoms with Crippen molar-refractivity contribution in [2.24, 2.45) is 5.84 Å². The van der Waals surface area contributed by atoms with Gasteiger partial charge in [-0.25, -0.2) is 10.8 Å². The van der Waals surface area contributed by atoms with Gasteiger partial charge in [0.05, 0.1) is 12.7 Å². The molecule has 4 rings (SSSR count). The molecule has 8 heteroatoms. The van der Waals surface area contributed by atoms with E-state index in [0.29, 0.717) is 23.2 Å². The summed E-state index contributed by atoms with van der Waals surface area (Å²) in [5.41, 5.74) is 4.06. The molecule has 3 heterocycles. The predicted octanol–water partition coefficient (Wildman–Crippen LogP) is 1.93. The molecule has 2 saturated heterocycles. The highest BCUT2D eigenvalue weighted by atomic mass is 16.5. The van der Waals surface area contributed by atoms with Gasteiger partial charge in [0.25, 0.3) is 11.8 Å². The zero-order chi connectivity index (χ0) is 21.3. The van der Waals surface area contributed by atoms with E-state index in [1.807, 2.05) is 31.2 Å². The number of piperidine rings is 1. The number of nitrogens with zero attached hydrogens (tertiary/aromatic N) is 2. The van der Waals surface area contributed by atoms with E-state index >= 15 is 0 Å². The molecule has 1 aromatic heterocycles. The van der Waals surface area contributed by atoms with Gasteiger partial charge in [-0.3, -0.25) is 15.0 Å². The largest absolute Gasteiger partial charge is 0.496 e. The highest BCUT2D eigenvalue weighted by Gasteiger charge is 2.41. The first-order valence-electron chi connectivity index (χ1n) is 10.2. The first-order valence-corrected chi connectivity index (χ1v) is 10.2. The topological polar surface area (TPSA) is 110 Å². The van der Waals surface area contributed by atoms with E-state index in [0.717, 1.165) is 42.8 Å². The maximum atomic E-state index is 12.9. The molecule has 158 valence electrons. The van der Waals surface area contributed by atoms with Crippen molar-refractivity contribution in [1.29, 1.82) is 0 Å². The molecule has 0 saturated carbocycles. The van der Waals surface area contributed by atoms with Crippen LogP contribution < -0.4 is 26.2 Å². The summed E-state index contributed by atoms with van der Waals surface area (Å²) in [7, 11) is 1.61. The monoisotopic (exact) mass is 409 g/mol. The SMILES string of the molecule is COc1cccc(C(=O)NC2C[C@H]3CC[C@@H](C2)N3c2ccc(C(=O)NN)cn2)c1C. The van der Waals surface area contributed by atoms with Crippen LogP contribution in [0.25, 0.3) is 0 Å². The molecule has 2 aliphatic rings. The number of carbonyl (C=O) groups excluding carboxylic acids is 2. The number of fused-ring (bicyclic) bond motifs is 2. The third kappa shape index (κ3) is 3.70. The number of pyridine rings is 1. The number of nitrogens with two attached hydrogens (primary N) is 1. The van der Waals surface area contributed by atoms with Crippen molar-refractivity contribution in [3.63, 3.8) is 0 Å². The van der Waals surface area contributed by atoms with E-state index < -0.39 is 0 Å². The van der Waals surface area contributed by atoms with E-state index in [1.54, 1.807) is 19.4 Å². The molecular weight excluding hydrogens is 382 g/mol. The molecule has 0 spiro atoms. The Bertz CT molecular complexity index is 932. The fourth-order valence-electron chi connectivity index (χ4n) is 4.77. The summed E-state index contributed by atoms with van der Waals surface area (Å²) in [6.45, 7) is 1.90. The minimum atomic E-state index is -0.355. The van der Waals surface area contributed by atoms with Crippen LogP contribution in [-0.2, 0) is 0 Å². The Morgan fingerprint density at radius 3 is 2.47 bits per heavy atom. The summed E-state index contributed by atoms with van der Waals surface area (Å²) in [6.07, 6.45) is 5.44. The molecule has 3 atom stereocenters. The molecule has 0 aliphatic carbocycles. The lowest BCUT2D eigenvalue weighted by molar-refractivity contribution is 0.0924. The van der Waals surface area contributed by atoms with Crippen molar-refractivity contribution in [2.45, 2.75) is 50.7 Å². The molecule has 30 heavy (non-hydrogen) atoms. The Hall–Kier alpha value is -3.13. The number of hydrogen-bond donors (Lipinski definition) is 3. The second-order valence-corrected chi connectivity index (χ2v) is 7.95. The number of nitrogen functional groups attached to an aromatic ring is 1. The molecule has 8 nitrogen and oxygen atoms in total. The Balaban J connectivity index is 1.44. The van der Waals surface area contributed by atoms with E-state index in [4.69, 9.17) is 10.6 Å². The van der Waals surface area contributed by atoms with Crippen molar-refractivity contribution in [3.05, 3.63) is 53.2 Å². The van der Waals surface area contributed by atoms with Crippen LogP contribution in [0, 0.1) is 6.92 Å². The zero-order valence-electron chi connectivity index (χ0n) is 17.2. The predicted molar refractivity (Wildman–Crippen MR) is 113 cm³/mol. The van der Waals surface area contributed by atoms with Crippen LogP contribution in [0.15, 0.2) is 36.5 Å². The van der Waals surface area contributed by atoms with Gasteiger partial charge >= 0.3 is 0 Å². The molecule has 1 unspecified atom stereocenters. The van der Waals surface area contributed by atoms with E-state index in [1.165, 1.54) is 0 Å². The van der Waals surface area contributed by atoms with Crippen LogP contribution >= 0.6 is 0 Å². The van der Waals surface area contributed by atoms with Gasteiger partial charge in [-0.05, 0) is 56.9 Å². The molecule has 0 radical (unpaired) electrons. The number of methoxy groups -OCH3 is 1. The number of benzene rings is 1. The summed E-state index contributed by atoms with van der Waals surface area (Å²) in [6, 6.07) is 9.91. The zero-order valence-corrected chi connectivity index (χ0v) is 17.2. The van der Waals surface area contributed by atoms with Gasteiger partial charge in [0.1, 0.15) is 11.6 Å². The summed E-state index contributed by atoms with van der Waals surface area (Å²) < 4.78 is 5.34. The number of aromatic nitrogens is 1. The summed E-state index contributed by atoms with van der Waals surface area (Å²) >= 11 is 0. The van der Waals surface area contributed by atoms with Crippen LogP contribution in [0.2, 0.25) is 0 Å². The quantitative estimate of drug-likeness (QED) is 0.396. The second-order valence-electron chi connectivity index (χ2n) is 7.95. The average molecular weight is 409 g/mol. The third-order valence-electron chi connectivity index (χ3n) is 6.22. The third-order valence-corrected chi connectivity index (χ3v) is 6.22. The number of carbonyl (C=O) groups is 2. The van der Waals surface area contributed by atoms with Gasteiger partial charge in [0, 0.05) is 35.4 Å². The molecule has 2 aliphatic heterocycles. The number of hydrazine groups is 1. The molecule has 4 N–H and O–H groups in total. The van der Waals surface area contributed by atoms with Gasteiger partial charge in [0.2, 0.25) is 0 Å². The number of ether oxygens (including phenoxy) is 1. The average Bonchev–Trinajstić information content (AvgIpc) is 3.03. The Morgan fingerprint density at radius 2 is 1.87 bits per heavy atom. The fraction of sp³-hybridized carbons (Fsp3) is 0.409. The lowest BCUT2D eigenvalue weighted by Crippen LogP contribution is -2.50. The molecule has 2 fully saturated rings.